The maximum Gasteiger partial charge on any atom is 0.178 e. The van der Waals surface area contributed by atoms with Crippen LogP contribution in [0, 0.1) is 27.7 Å². The smallest absolute Gasteiger partial charge is 0.178 e. The van der Waals surface area contributed by atoms with Gasteiger partial charge in [0.15, 0.2) is 47.6 Å². The lowest BCUT2D eigenvalue weighted by atomic mass is 10.1. The Hall–Kier alpha value is -3.76. The number of unbranched alkanes of at least 4 members (excludes halogenated alkanes) is 4. The highest BCUT2D eigenvalue weighted by molar-refractivity contribution is 5.82. The highest BCUT2D eigenvalue weighted by atomic mass is 79.9. The number of halogens is 4. The Bertz CT molecular complexity index is 2210. The van der Waals surface area contributed by atoms with Gasteiger partial charge in [0, 0.05) is 99.2 Å². The van der Waals surface area contributed by atoms with Crippen LogP contribution in [0.2, 0.25) is 0 Å². The number of aromatic nitrogens is 4. The lowest BCUT2D eigenvalue weighted by Crippen LogP contribution is -3.00. The summed E-state index contributed by atoms with van der Waals surface area (Å²) in [7, 11) is 0. The minimum absolute atomic E-state index is 0. The summed E-state index contributed by atoms with van der Waals surface area (Å²) in [6.45, 7) is 13.2. The Morgan fingerprint density at radius 2 is 0.444 bits per heavy atom. The van der Waals surface area contributed by atoms with Gasteiger partial charge in [-0.3, -0.25) is 0 Å². The molecule has 4 heterocycles. The Kier molecular flexibility index (Phi) is 31.4. The molecule has 0 spiro atoms. The molecule has 4 aromatic heterocycles. The average Bonchev–Trinajstić information content (AvgIpc) is 3.18. The van der Waals surface area contributed by atoms with E-state index in [4.69, 9.17) is 0 Å². The molecule has 0 aliphatic heterocycles. The molecule has 0 aliphatic carbocycles. The third kappa shape index (κ3) is 17.0. The number of nitrogens with zero attached hydrogens (tertiary/aromatic N) is 4. The summed E-state index contributed by atoms with van der Waals surface area (Å²) in [5, 5.41) is 10.6. The molecule has 0 saturated carbocycles. The zero-order valence-electron chi connectivity index (χ0n) is 36.7. The summed E-state index contributed by atoms with van der Waals surface area (Å²) in [6.07, 6.45) is 16.6. The summed E-state index contributed by atoms with van der Waals surface area (Å²) in [6, 6.07) is 43.6. The standard InChI is InChI=1S/2C25H28N2.4BrH.5H2O/c2*1-20-16-22-10-4-6-12-24(22)18-26(20)14-8-3-9-15-27-19-25-13-7-5-11-23(25)17-21(27)2;;;;;;;;;/h2*4-7,10-13,16-19H,3,8-9,14-15H2,1-2H3;4*1H;5*1H2/q2*+2;;;;;;;;;/p-4. The van der Waals surface area contributed by atoms with Gasteiger partial charge in [0.2, 0.25) is 0 Å². The van der Waals surface area contributed by atoms with E-state index in [2.05, 4.69) is 192 Å². The monoisotopic (exact) mass is 1120 g/mol. The fourth-order valence-electron chi connectivity index (χ4n) is 7.80. The number of aryl methyl sites for hydroxylation is 8. The van der Waals surface area contributed by atoms with Crippen molar-refractivity contribution in [1.82, 2.24) is 0 Å². The Morgan fingerprint density at radius 1 is 0.270 bits per heavy atom. The van der Waals surface area contributed by atoms with E-state index < -0.39 is 0 Å². The number of hydrogen-bond donors (Lipinski definition) is 0. The molecule has 63 heavy (non-hydrogen) atoms. The molecule has 4 aromatic carbocycles. The van der Waals surface area contributed by atoms with Gasteiger partial charge in [-0.15, -0.1) is 0 Å². The van der Waals surface area contributed by atoms with Crippen molar-refractivity contribution in [2.24, 2.45) is 0 Å². The van der Waals surface area contributed by atoms with Gasteiger partial charge >= 0.3 is 0 Å². The molecule has 0 radical (unpaired) electrons. The molecule has 10 N–H and O–H groups in total. The third-order valence-corrected chi connectivity index (χ3v) is 11.0. The zero-order valence-corrected chi connectivity index (χ0v) is 43.1. The molecule has 0 amide bonds. The second kappa shape index (κ2) is 31.2. The fourth-order valence-corrected chi connectivity index (χ4v) is 7.80. The van der Waals surface area contributed by atoms with E-state index in [9.17, 15) is 0 Å². The lowest BCUT2D eigenvalue weighted by molar-refractivity contribution is -0.705. The van der Waals surface area contributed by atoms with Crippen LogP contribution >= 0.6 is 0 Å². The van der Waals surface area contributed by atoms with Gasteiger partial charge < -0.3 is 95.3 Å². The molecular weight excluding hydrogens is 1060 g/mol. The molecule has 344 valence electrons. The van der Waals surface area contributed by atoms with Crippen LogP contribution in [-0.2, 0) is 26.2 Å². The Labute approximate surface area is 415 Å². The van der Waals surface area contributed by atoms with Gasteiger partial charge in [-0.1, -0.05) is 72.8 Å². The summed E-state index contributed by atoms with van der Waals surface area (Å²) in [5.41, 5.74) is 5.36. The highest BCUT2D eigenvalue weighted by Crippen LogP contribution is 2.16. The zero-order chi connectivity index (χ0) is 37.3. The van der Waals surface area contributed by atoms with Gasteiger partial charge in [-0.2, -0.15) is 0 Å². The van der Waals surface area contributed by atoms with Crippen LogP contribution < -0.4 is 86.2 Å². The van der Waals surface area contributed by atoms with Crippen molar-refractivity contribution in [2.75, 3.05) is 0 Å². The summed E-state index contributed by atoms with van der Waals surface area (Å²) in [4.78, 5) is 0. The fraction of sp³-hybridized carbons (Fsp3) is 0.280. The molecule has 0 saturated heterocycles. The molecular formula is C50H66Br4N4O5. The second-order valence-electron chi connectivity index (χ2n) is 15.1. The van der Waals surface area contributed by atoms with Crippen molar-refractivity contribution < 1.29 is 114 Å². The largest absolute Gasteiger partial charge is 1.00 e. The SMILES string of the molecule is Cc1cc2ccccc2c[n+]1CCCCC[n+]1cc2ccccc2cc1C.Cc1cc2ccccc2c[n+]1CCCCC[n+]1cc2ccccc2cc1C.O.O.O.O.O.[Br-].[Br-].[Br-].[Br-]. The van der Waals surface area contributed by atoms with E-state index in [0.717, 1.165) is 26.2 Å². The van der Waals surface area contributed by atoms with Crippen LogP contribution in [0.15, 0.2) is 146 Å². The molecule has 0 unspecified atom stereocenters. The van der Waals surface area contributed by atoms with Gasteiger partial charge in [0.25, 0.3) is 0 Å². The van der Waals surface area contributed by atoms with E-state index in [1.807, 2.05) is 0 Å². The normalized spacial score (nSPS) is 9.71. The molecule has 8 aromatic rings. The van der Waals surface area contributed by atoms with Crippen molar-refractivity contribution in [3.8, 4) is 0 Å². The maximum absolute atomic E-state index is 2.40. The van der Waals surface area contributed by atoms with Crippen molar-refractivity contribution in [2.45, 2.75) is 92.4 Å². The molecule has 9 nitrogen and oxygen atoms in total. The molecule has 13 heteroatoms. The van der Waals surface area contributed by atoms with E-state index in [0.29, 0.717) is 0 Å². The van der Waals surface area contributed by atoms with Crippen molar-refractivity contribution in [3.63, 3.8) is 0 Å². The summed E-state index contributed by atoms with van der Waals surface area (Å²) in [5.74, 6) is 0. The predicted octanol–water partition coefficient (Wildman–Crippen LogP) is -6.00. The lowest BCUT2D eigenvalue weighted by Gasteiger charge is -2.05. The van der Waals surface area contributed by atoms with Crippen molar-refractivity contribution in [3.05, 3.63) is 169 Å². The molecule has 0 fully saturated rings. The third-order valence-electron chi connectivity index (χ3n) is 11.0. The van der Waals surface area contributed by atoms with Crippen LogP contribution in [0.25, 0.3) is 43.1 Å². The van der Waals surface area contributed by atoms with Crippen LogP contribution in [0.1, 0.15) is 61.3 Å². The van der Waals surface area contributed by atoms with Crippen molar-refractivity contribution >= 4 is 43.1 Å². The second-order valence-corrected chi connectivity index (χ2v) is 15.1. The quantitative estimate of drug-likeness (QED) is 0.0840. The molecule has 0 aliphatic rings. The number of pyridine rings is 4. The van der Waals surface area contributed by atoms with Crippen LogP contribution in [0.3, 0.4) is 0 Å². The van der Waals surface area contributed by atoms with Crippen LogP contribution in [0.4, 0.5) is 0 Å². The number of fused-ring (bicyclic) bond motifs is 4. The summed E-state index contributed by atoms with van der Waals surface area (Å²) >= 11 is 0. The predicted molar refractivity (Wildman–Crippen MR) is 241 cm³/mol. The number of rotatable bonds is 12. The molecule has 0 atom stereocenters. The average molecular weight is 1120 g/mol. The van der Waals surface area contributed by atoms with Gasteiger partial charge in [-0.25, -0.2) is 18.3 Å². The topological polar surface area (TPSA) is 173 Å². The number of benzene rings is 4. The van der Waals surface area contributed by atoms with Crippen molar-refractivity contribution in [1.29, 1.82) is 0 Å². The first kappa shape index (κ1) is 63.5. The minimum Gasteiger partial charge on any atom is -1.00 e. The van der Waals surface area contributed by atoms with Crippen LogP contribution in [0.5, 0.6) is 0 Å². The van der Waals surface area contributed by atoms with E-state index in [-0.39, 0.29) is 95.3 Å². The highest BCUT2D eigenvalue weighted by Gasteiger charge is 2.13. The first-order chi connectivity index (χ1) is 26.4. The first-order valence-electron chi connectivity index (χ1n) is 20.0. The Morgan fingerprint density at radius 3 is 0.635 bits per heavy atom. The minimum atomic E-state index is 0. The van der Waals surface area contributed by atoms with Gasteiger partial charge in [0.1, 0.15) is 26.2 Å². The van der Waals surface area contributed by atoms with E-state index >= 15 is 0 Å². The Balaban J connectivity index is -0.000001000. The van der Waals surface area contributed by atoms with E-state index in [1.165, 1.54) is 104 Å². The number of hydrogen-bond acceptors (Lipinski definition) is 0. The van der Waals surface area contributed by atoms with Crippen LogP contribution in [-0.4, -0.2) is 27.4 Å². The maximum atomic E-state index is 2.40. The van der Waals surface area contributed by atoms with Gasteiger partial charge in [0.05, 0.1) is 0 Å². The summed E-state index contributed by atoms with van der Waals surface area (Å²) < 4.78 is 9.60. The molecule has 8 rings (SSSR count). The first-order valence-corrected chi connectivity index (χ1v) is 20.0. The van der Waals surface area contributed by atoms with E-state index in [1.54, 1.807) is 0 Å². The molecule has 0 bridgehead atoms. The van der Waals surface area contributed by atoms with Gasteiger partial charge in [-0.05, 0) is 58.7 Å².